The molecule has 2 bridgehead atoms. The molecule has 2 amide bonds. The van der Waals surface area contributed by atoms with Crippen molar-refractivity contribution in [3.05, 3.63) is 90.8 Å². The average Bonchev–Trinajstić information content (AvgIpc) is 2.97. The zero-order chi connectivity index (χ0) is 28.8. The molecule has 41 heavy (non-hydrogen) atoms. The summed E-state index contributed by atoms with van der Waals surface area (Å²) in [5.41, 5.74) is 2.22. The molecule has 5 rings (SSSR count). The van der Waals surface area contributed by atoms with Crippen molar-refractivity contribution in [3.63, 3.8) is 0 Å². The van der Waals surface area contributed by atoms with E-state index in [2.05, 4.69) is 15.6 Å². The summed E-state index contributed by atoms with van der Waals surface area (Å²) >= 11 is 0. The lowest BCUT2D eigenvalue weighted by atomic mass is 10.0. The van der Waals surface area contributed by atoms with Crippen molar-refractivity contribution in [1.29, 1.82) is 0 Å². The fourth-order valence-corrected chi connectivity index (χ4v) is 6.41. The number of fused-ring (bicyclic) bond motifs is 5. The van der Waals surface area contributed by atoms with Gasteiger partial charge in [-0.3, -0.25) is 14.6 Å². The quantitative estimate of drug-likeness (QED) is 0.375. The topological polar surface area (TPSA) is 114 Å². The van der Waals surface area contributed by atoms with Gasteiger partial charge in [0.05, 0.1) is 23.1 Å². The number of rotatable bonds is 3. The number of hydrogen-bond donors (Lipinski definition) is 2. The second-order valence-electron chi connectivity index (χ2n) is 10.4. The highest BCUT2D eigenvalue weighted by atomic mass is 32.2. The third-order valence-corrected chi connectivity index (χ3v) is 8.95. The van der Waals surface area contributed by atoms with E-state index in [0.717, 1.165) is 16.3 Å². The van der Waals surface area contributed by atoms with Gasteiger partial charge in [0.15, 0.2) is 9.84 Å². The number of ether oxygens (including phenoxy) is 1. The van der Waals surface area contributed by atoms with Gasteiger partial charge in [0.1, 0.15) is 18.4 Å². The van der Waals surface area contributed by atoms with E-state index in [4.69, 9.17) is 4.74 Å². The fraction of sp³-hybridized carbons (Fsp3) is 0.281. The maximum Gasteiger partial charge on any atom is 0.242 e. The van der Waals surface area contributed by atoms with Gasteiger partial charge >= 0.3 is 0 Å². The van der Waals surface area contributed by atoms with Crippen molar-refractivity contribution in [2.75, 3.05) is 12.4 Å². The van der Waals surface area contributed by atoms with Crippen molar-refractivity contribution in [3.8, 4) is 16.9 Å². The highest BCUT2D eigenvalue weighted by molar-refractivity contribution is 7.91. The average molecular weight is 572 g/mol. The summed E-state index contributed by atoms with van der Waals surface area (Å²) < 4.78 is 32.3. The number of carbonyl (C=O) groups is 2. The third kappa shape index (κ3) is 6.92. The largest absolute Gasteiger partial charge is 0.491 e. The molecule has 1 aliphatic heterocycles. The lowest BCUT2D eigenvalue weighted by molar-refractivity contribution is -0.129. The molecular formula is C32H33N3O5S. The lowest BCUT2D eigenvalue weighted by Gasteiger charge is -2.22. The lowest BCUT2D eigenvalue weighted by Crippen LogP contribution is -2.50. The number of sulfone groups is 1. The number of aromatic nitrogens is 1. The Morgan fingerprint density at radius 1 is 1.02 bits per heavy atom. The molecule has 0 spiro atoms. The second-order valence-corrected chi connectivity index (χ2v) is 12.5. The first-order valence-corrected chi connectivity index (χ1v) is 15.4. The van der Waals surface area contributed by atoms with Crippen LogP contribution in [0.1, 0.15) is 31.7 Å². The molecule has 4 aromatic rings. The molecule has 2 N–H and O–H groups in total. The molecular weight excluding hydrogens is 538 g/mol. The second kappa shape index (κ2) is 12.5. The highest BCUT2D eigenvalue weighted by Gasteiger charge is 2.24. The van der Waals surface area contributed by atoms with Crippen LogP contribution in [0.15, 0.2) is 90.1 Å². The van der Waals surface area contributed by atoms with Gasteiger partial charge in [-0.25, -0.2) is 8.42 Å². The number of amides is 2. The van der Waals surface area contributed by atoms with Gasteiger partial charge in [-0.15, -0.1) is 0 Å². The maximum atomic E-state index is 13.3. The molecule has 1 aliphatic rings. The number of nitrogens with one attached hydrogen (secondary N) is 2. The zero-order valence-corrected chi connectivity index (χ0v) is 23.7. The molecule has 212 valence electrons. The van der Waals surface area contributed by atoms with E-state index in [1.165, 1.54) is 6.20 Å². The Morgan fingerprint density at radius 2 is 1.80 bits per heavy atom. The van der Waals surface area contributed by atoms with E-state index in [-0.39, 0.29) is 41.5 Å². The fourth-order valence-electron chi connectivity index (χ4n) is 5.06. The van der Waals surface area contributed by atoms with E-state index < -0.39 is 15.9 Å². The molecule has 1 aromatic heterocycles. The van der Waals surface area contributed by atoms with Gasteiger partial charge in [-0.1, -0.05) is 60.7 Å². The van der Waals surface area contributed by atoms with E-state index in [9.17, 15) is 18.0 Å². The van der Waals surface area contributed by atoms with Crippen LogP contribution < -0.4 is 15.4 Å². The van der Waals surface area contributed by atoms with E-state index in [1.807, 2.05) is 67.6 Å². The maximum absolute atomic E-state index is 13.3. The van der Waals surface area contributed by atoms with E-state index in [0.29, 0.717) is 36.1 Å². The number of benzene rings is 3. The minimum atomic E-state index is -3.60. The molecule has 0 aliphatic carbocycles. The van der Waals surface area contributed by atoms with Gasteiger partial charge in [0.25, 0.3) is 0 Å². The normalized spacial score (nSPS) is 19.4. The van der Waals surface area contributed by atoms with Crippen molar-refractivity contribution in [2.45, 2.75) is 49.6 Å². The number of pyridine rings is 1. The molecule has 0 unspecified atom stereocenters. The smallest absolute Gasteiger partial charge is 0.242 e. The standard InChI is InChI=1S/C32H33N3O5S/c1-22-21-40-30-15-5-4-13-28(30)25-17-26(20-33-19-25)41(38,39)16-7-6-14-29(32(37)34-22)35-31(36)18-24-11-8-10-23-9-2-3-12-27(23)24/h2-5,8-13,15,17,19-20,22,29H,6-7,14,16,18,21H2,1H3,(H,34,37)(H,35,36)/t22-,29+/m1/s1. The Balaban J connectivity index is 1.36. The van der Waals surface area contributed by atoms with Crippen LogP contribution >= 0.6 is 0 Å². The molecule has 9 heteroatoms. The van der Waals surface area contributed by atoms with Crippen molar-refractivity contribution in [2.24, 2.45) is 0 Å². The van der Waals surface area contributed by atoms with Gasteiger partial charge in [-0.2, -0.15) is 0 Å². The number of hydrogen-bond acceptors (Lipinski definition) is 6. The van der Waals surface area contributed by atoms with Crippen LogP contribution in [-0.2, 0) is 25.8 Å². The van der Waals surface area contributed by atoms with Crippen LogP contribution in [0, 0.1) is 0 Å². The summed E-state index contributed by atoms with van der Waals surface area (Å²) in [5.74, 6) is -0.142. The number of nitrogens with zero attached hydrogens (tertiary/aromatic N) is 1. The molecule has 0 saturated heterocycles. The molecule has 3 aromatic carbocycles. The van der Waals surface area contributed by atoms with Gasteiger partial charge in [-0.05, 0) is 54.7 Å². The Morgan fingerprint density at radius 3 is 2.68 bits per heavy atom. The van der Waals surface area contributed by atoms with Gasteiger partial charge in [0, 0.05) is 23.5 Å². The minimum absolute atomic E-state index is 0.0923. The minimum Gasteiger partial charge on any atom is -0.491 e. The van der Waals surface area contributed by atoms with Crippen molar-refractivity contribution >= 4 is 32.4 Å². The molecule has 0 saturated carbocycles. The Labute approximate surface area is 240 Å². The number of para-hydroxylation sites is 1. The predicted octanol–water partition coefficient (Wildman–Crippen LogP) is 4.47. The first kappa shape index (κ1) is 28.3. The van der Waals surface area contributed by atoms with Gasteiger partial charge in [0.2, 0.25) is 11.8 Å². The van der Waals surface area contributed by atoms with Crippen LogP contribution in [0.4, 0.5) is 0 Å². The Bertz CT molecular complexity index is 1670. The van der Waals surface area contributed by atoms with E-state index >= 15 is 0 Å². The third-order valence-electron chi connectivity index (χ3n) is 7.19. The van der Waals surface area contributed by atoms with Crippen LogP contribution in [0.5, 0.6) is 5.75 Å². The highest BCUT2D eigenvalue weighted by Crippen LogP contribution is 2.31. The summed E-state index contributed by atoms with van der Waals surface area (Å²) in [6.07, 6.45) is 4.17. The molecule has 0 radical (unpaired) electrons. The van der Waals surface area contributed by atoms with E-state index in [1.54, 1.807) is 18.3 Å². The van der Waals surface area contributed by atoms with Crippen molar-refractivity contribution in [1.82, 2.24) is 15.6 Å². The molecule has 2 heterocycles. The number of carbonyl (C=O) groups excluding carboxylic acids is 2. The first-order chi connectivity index (χ1) is 19.8. The summed E-state index contributed by atoms with van der Waals surface area (Å²) in [5, 5.41) is 7.88. The monoisotopic (exact) mass is 571 g/mol. The van der Waals surface area contributed by atoms with Crippen LogP contribution in [-0.4, -0.2) is 49.7 Å². The van der Waals surface area contributed by atoms with Crippen LogP contribution in [0.2, 0.25) is 0 Å². The summed E-state index contributed by atoms with van der Waals surface area (Å²) in [6, 6.07) is 21.5. The Kier molecular flexibility index (Phi) is 8.64. The summed E-state index contributed by atoms with van der Waals surface area (Å²) in [6.45, 7) is 2.03. The van der Waals surface area contributed by atoms with Crippen molar-refractivity contribution < 1.29 is 22.7 Å². The summed E-state index contributed by atoms with van der Waals surface area (Å²) in [7, 11) is -3.60. The molecule has 0 fully saturated rings. The Hall–Kier alpha value is -4.24. The predicted molar refractivity (Wildman–Crippen MR) is 158 cm³/mol. The SMILES string of the molecule is C[C@@H]1COc2ccccc2-c2cncc(c2)S(=O)(=O)CCCC[C@H](NC(=O)Cc2cccc3ccccc23)C(=O)N1. The zero-order valence-electron chi connectivity index (χ0n) is 22.9. The molecule has 8 nitrogen and oxygen atoms in total. The first-order valence-electron chi connectivity index (χ1n) is 13.8. The van der Waals surface area contributed by atoms with Crippen LogP contribution in [0.25, 0.3) is 21.9 Å². The van der Waals surface area contributed by atoms with Crippen LogP contribution in [0.3, 0.4) is 0 Å². The molecule has 2 atom stereocenters. The summed E-state index contributed by atoms with van der Waals surface area (Å²) in [4.78, 5) is 30.8. The van der Waals surface area contributed by atoms with Gasteiger partial charge < -0.3 is 15.4 Å².